The first kappa shape index (κ1) is 15.2. The van der Waals surface area contributed by atoms with Crippen LogP contribution in [0.15, 0.2) is 18.6 Å². The minimum atomic E-state index is -0.137. The van der Waals surface area contributed by atoms with Gasteiger partial charge in [0.1, 0.15) is 11.7 Å². The Hall–Kier alpha value is -2.35. The molecule has 1 unspecified atom stereocenters. The Balaban J connectivity index is 1.42. The highest BCUT2D eigenvalue weighted by Gasteiger charge is 2.32. The molecule has 2 aliphatic heterocycles. The lowest BCUT2D eigenvalue weighted by Gasteiger charge is -2.19. The molecule has 1 fully saturated rings. The molecule has 8 nitrogen and oxygen atoms in total. The lowest BCUT2D eigenvalue weighted by atomic mass is 10.3. The topological polar surface area (TPSA) is 82.4 Å². The fourth-order valence-electron chi connectivity index (χ4n) is 2.91. The van der Waals surface area contributed by atoms with Crippen molar-refractivity contribution in [2.24, 2.45) is 0 Å². The molecule has 4 rings (SSSR count). The number of ether oxygens (including phenoxy) is 2. The summed E-state index contributed by atoms with van der Waals surface area (Å²) in [6, 6.07) is 0.268. The van der Waals surface area contributed by atoms with Crippen LogP contribution in [-0.2, 0) is 6.54 Å². The SMILES string of the molecule is O=C(c1cnn2c1OCCC2)N1CCC(Oc2ncc(Cl)cn2)C1. The molecule has 1 saturated heterocycles. The van der Waals surface area contributed by atoms with Gasteiger partial charge in [-0.05, 0) is 0 Å². The molecule has 0 aromatic carbocycles. The number of amides is 1. The van der Waals surface area contributed by atoms with Gasteiger partial charge in [0, 0.05) is 25.9 Å². The van der Waals surface area contributed by atoms with Crippen molar-refractivity contribution >= 4 is 17.5 Å². The number of aromatic nitrogens is 4. The van der Waals surface area contributed by atoms with E-state index in [0.717, 1.165) is 19.4 Å². The first-order valence-corrected chi connectivity index (χ1v) is 8.20. The molecule has 2 aliphatic rings. The Bertz CT molecular complexity index is 748. The van der Waals surface area contributed by atoms with E-state index in [1.165, 1.54) is 12.4 Å². The van der Waals surface area contributed by atoms with Gasteiger partial charge in [-0.15, -0.1) is 0 Å². The van der Waals surface area contributed by atoms with Crippen molar-refractivity contribution in [1.29, 1.82) is 0 Å². The monoisotopic (exact) mass is 349 g/mol. The second-order valence-electron chi connectivity index (χ2n) is 5.75. The number of hydrogen-bond acceptors (Lipinski definition) is 6. The highest BCUT2D eigenvalue weighted by atomic mass is 35.5. The molecule has 9 heteroatoms. The Morgan fingerprint density at radius 3 is 2.96 bits per heavy atom. The summed E-state index contributed by atoms with van der Waals surface area (Å²) in [5, 5.41) is 4.68. The minimum Gasteiger partial charge on any atom is -0.477 e. The molecule has 0 spiro atoms. The Morgan fingerprint density at radius 1 is 1.29 bits per heavy atom. The first-order chi connectivity index (χ1) is 11.7. The maximum atomic E-state index is 12.7. The third-order valence-electron chi connectivity index (χ3n) is 4.08. The van der Waals surface area contributed by atoms with Crippen molar-refractivity contribution in [3.63, 3.8) is 0 Å². The third-order valence-corrected chi connectivity index (χ3v) is 4.27. The van der Waals surface area contributed by atoms with Crippen molar-refractivity contribution in [2.45, 2.75) is 25.5 Å². The van der Waals surface area contributed by atoms with Crippen LogP contribution in [0.4, 0.5) is 0 Å². The maximum Gasteiger partial charge on any atom is 0.316 e. The van der Waals surface area contributed by atoms with Crippen LogP contribution >= 0.6 is 11.6 Å². The molecule has 0 N–H and O–H groups in total. The van der Waals surface area contributed by atoms with E-state index in [0.29, 0.717) is 36.2 Å². The fraction of sp³-hybridized carbons (Fsp3) is 0.467. The number of carbonyl (C=O) groups excluding carboxylic acids is 1. The standard InChI is InChI=1S/C15H16ClN5O3/c16-10-6-17-15(18-7-10)24-11-2-4-20(9-11)13(22)12-8-19-21-3-1-5-23-14(12)21/h6-8,11H,1-5,9H2. The van der Waals surface area contributed by atoms with Crippen LogP contribution in [0.2, 0.25) is 5.02 Å². The number of carbonyl (C=O) groups is 1. The maximum absolute atomic E-state index is 12.7. The summed E-state index contributed by atoms with van der Waals surface area (Å²) >= 11 is 5.75. The number of likely N-dealkylation sites (tertiary alicyclic amines) is 1. The van der Waals surface area contributed by atoms with Gasteiger partial charge in [-0.2, -0.15) is 5.10 Å². The normalized spacial score (nSPS) is 19.7. The number of rotatable bonds is 3. The van der Waals surface area contributed by atoms with Crippen LogP contribution in [0.1, 0.15) is 23.2 Å². The second-order valence-corrected chi connectivity index (χ2v) is 6.19. The van der Waals surface area contributed by atoms with E-state index in [4.69, 9.17) is 21.1 Å². The van der Waals surface area contributed by atoms with Crippen molar-refractivity contribution in [1.82, 2.24) is 24.6 Å². The molecule has 1 atom stereocenters. The summed E-state index contributed by atoms with van der Waals surface area (Å²) in [5.74, 6) is 0.484. The van der Waals surface area contributed by atoms with Crippen LogP contribution in [0, 0.1) is 0 Å². The number of aryl methyl sites for hydroxylation is 1. The minimum absolute atomic E-state index is 0.0822. The molecule has 24 heavy (non-hydrogen) atoms. The average Bonchev–Trinajstić information content (AvgIpc) is 3.23. The number of hydrogen-bond donors (Lipinski definition) is 0. The zero-order valence-electron chi connectivity index (χ0n) is 12.9. The van der Waals surface area contributed by atoms with Gasteiger partial charge in [0.25, 0.3) is 5.91 Å². The lowest BCUT2D eigenvalue weighted by molar-refractivity contribution is 0.0763. The molecule has 1 amide bonds. The highest BCUT2D eigenvalue weighted by Crippen LogP contribution is 2.25. The summed E-state index contributed by atoms with van der Waals surface area (Å²) in [5.41, 5.74) is 0.512. The van der Waals surface area contributed by atoms with Gasteiger partial charge in [0.05, 0.1) is 36.8 Å². The fourth-order valence-corrected chi connectivity index (χ4v) is 3.00. The van der Waals surface area contributed by atoms with Crippen molar-refractivity contribution in [3.05, 3.63) is 29.2 Å². The predicted molar refractivity (Wildman–Crippen MR) is 84.3 cm³/mol. The summed E-state index contributed by atoms with van der Waals surface area (Å²) < 4.78 is 13.1. The number of halogens is 1. The summed E-state index contributed by atoms with van der Waals surface area (Å²) in [6.07, 6.45) is 6.04. The van der Waals surface area contributed by atoms with Gasteiger partial charge >= 0.3 is 6.01 Å². The lowest BCUT2D eigenvalue weighted by Crippen LogP contribution is -2.31. The molecular formula is C15H16ClN5O3. The van der Waals surface area contributed by atoms with E-state index in [-0.39, 0.29) is 18.0 Å². The van der Waals surface area contributed by atoms with Crippen LogP contribution in [0.5, 0.6) is 11.9 Å². The van der Waals surface area contributed by atoms with E-state index >= 15 is 0 Å². The van der Waals surface area contributed by atoms with Gasteiger partial charge in [-0.25, -0.2) is 14.6 Å². The number of fused-ring (bicyclic) bond motifs is 1. The Labute approximate surface area is 143 Å². The van der Waals surface area contributed by atoms with Gasteiger partial charge in [0.2, 0.25) is 5.88 Å². The zero-order chi connectivity index (χ0) is 16.5. The summed E-state index contributed by atoms with van der Waals surface area (Å²) in [6.45, 7) is 2.49. The van der Waals surface area contributed by atoms with E-state index in [9.17, 15) is 4.79 Å². The van der Waals surface area contributed by atoms with Gasteiger partial charge in [0.15, 0.2) is 0 Å². The average molecular weight is 350 g/mol. The van der Waals surface area contributed by atoms with Gasteiger partial charge < -0.3 is 14.4 Å². The van der Waals surface area contributed by atoms with Crippen molar-refractivity contribution in [2.75, 3.05) is 19.7 Å². The molecule has 0 radical (unpaired) electrons. The van der Waals surface area contributed by atoms with Crippen LogP contribution < -0.4 is 9.47 Å². The molecule has 126 valence electrons. The Morgan fingerprint density at radius 2 is 2.12 bits per heavy atom. The largest absolute Gasteiger partial charge is 0.477 e. The smallest absolute Gasteiger partial charge is 0.316 e. The highest BCUT2D eigenvalue weighted by molar-refractivity contribution is 6.30. The molecule has 0 aliphatic carbocycles. The van der Waals surface area contributed by atoms with Crippen LogP contribution in [0.3, 0.4) is 0 Å². The van der Waals surface area contributed by atoms with Crippen LogP contribution in [0.25, 0.3) is 0 Å². The van der Waals surface area contributed by atoms with Gasteiger partial charge in [-0.1, -0.05) is 11.6 Å². The van der Waals surface area contributed by atoms with Crippen molar-refractivity contribution in [3.8, 4) is 11.9 Å². The van der Waals surface area contributed by atoms with E-state index in [1.807, 2.05) is 0 Å². The van der Waals surface area contributed by atoms with E-state index in [2.05, 4.69) is 15.1 Å². The third kappa shape index (κ3) is 2.89. The molecular weight excluding hydrogens is 334 g/mol. The molecule has 0 bridgehead atoms. The first-order valence-electron chi connectivity index (χ1n) is 7.83. The summed E-state index contributed by atoms with van der Waals surface area (Å²) in [7, 11) is 0. The molecule has 4 heterocycles. The van der Waals surface area contributed by atoms with Crippen LogP contribution in [-0.4, -0.2) is 56.4 Å². The zero-order valence-corrected chi connectivity index (χ0v) is 13.6. The number of nitrogens with zero attached hydrogens (tertiary/aromatic N) is 5. The Kier molecular flexibility index (Phi) is 3.97. The second kappa shape index (κ2) is 6.27. The quantitative estimate of drug-likeness (QED) is 0.833. The molecule has 0 saturated carbocycles. The molecule has 2 aromatic heterocycles. The summed E-state index contributed by atoms with van der Waals surface area (Å²) in [4.78, 5) is 22.5. The van der Waals surface area contributed by atoms with E-state index in [1.54, 1.807) is 15.8 Å². The van der Waals surface area contributed by atoms with Gasteiger partial charge in [-0.3, -0.25) is 4.79 Å². The predicted octanol–water partition coefficient (Wildman–Crippen LogP) is 1.40. The molecule has 2 aromatic rings. The van der Waals surface area contributed by atoms with Crippen molar-refractivity contribution < 1.29 is 14.3 Å². The van der Waals surface area contributed by atoms with E-state index < -0.39 is 0 Å².